The number of hydrogen-bond acceptors (Lipinski definition) is 1. The van der Waals surface area contributed by atoms with Gasteiger partial charge in [-0.25, -0.2) is 0 Å². The fraction of sp³-hybridized carbons (Fsp3) is 0. The summed E-state index contributed by atoms with van der Waals surface area (Å²) in [4.78, 5) is 0. The molecule has 0 aliphatic heterocycles. The molecule has 2 heteroatoms. The van der Waals surface area contributed by atoms with Crippen LogP contribution in [-0.2, 0) is 0 Å². The molecule has 6 aromatic rings. The van der Waals surface area contributed by atoms with E-state index in [4.69, 9.17) is 0 Å². The summed E-state index contributed by atoms with van der Waals surface area (Å²) >= 11 is 5.46. The number of rotatable bonds is 1. The van der Waals surface area contributed by atoms with E-state index in [1.165, 1.54) is 52.8 Å². The Hall–Kier alpha value is -2.68. The van der Waals surface area contributed by atoms with Crippen molar-refractivity contribution >= 4 is 69.0 Å². The number of benzene rings is 5. The van der Waals surface area contributed by atoms with E-state index in [0.717, 1.165) is 4.47 Å². The molecule has 0 amide bonds. The van der Waals surface area contributed by atoms with Crippen LogP contribution < -0.4 is 0 Å². The Morgan fingerprint density at radius 3 is 2.14 bits per heavy atom. The first-order valence-electron chi connectivity index (χ1n) is 9.31. The molecule has 1 heterocycles. The Morgan fingerprint density at radius 1 is 0.607 bits per heavy atom. The van der Waals surface area contributed by atoms with Crippen molar-refractivity contribution in [3.8, 4) is 11.1 Å². The highest BCUT2D eigenvalue weighted by molar-refractivity contribution is 9.10. The maximum atomic E-state index is 3.56. The van der Waals surface area contributed by atoms with Crippen molar-refractivity contribution in [3.63, 3.8) is 0 Å². The number of hydrogen-bond donors (Lipinski definition) is 0. The zero-order chi connectivity index (χ0) is 18.7. The summed E-state index contributed by atoms with van der Waals surface area (Å²) in [5.74, 6) is 0. The fourth-order valence-electron chi connectivity index (χ4n) is 4.24. The standard InChI is InChI=1S/C26H15BrS/c27-18-12-9-17(10-13-18)23-15-24-25(21-8-4-3-7-20(21)23)22-14-11-16-5-1-2-6-19(16)26(22)28-24/h1-15H. The first kappa shape index (κ1) is 16.3. The molecule has 0 radical (unpaired) electrons. The molecule has 28 heavy (non-hydrogen) atoms. The second-order valence-electron chi connectivity index (χ2n) is 7.12. The van der Waals surface area contributed by atoms with Crippen LogP contribution >= 0.6 is 27.3 Å². The second-order valence-corrected chi connectivity index (χ2v) is 9.08. The molecular formula is C26H15BrS. The van der Waals surface area contributed by atoms with Gasteiger partial charge in [0.05, 0.1) is 0 Å². The van der Waals surface area contributed by atoms with Gasteiger partial charge in [-0.1, -0.05) is 88.7 Å². The lowest BCUT2D eigenvalue weighted by Gasteiger charge is -2.09. The summed E-state index contributed by atoms with van der Waals surface area (Å²) in [6.45, 7) is 0. The number of fused-ring (bicyclic) bond motifs is 7. The van der Waals surface area contributed by atoms with Crippen LogP contribution in [0.4, 0.5) is 0 Å². The molecule has 0 aliphatic carbocycles. The van der Waals surface area contributed by atoms with Crippen molar-refractivity contribution in [2.75, 3.05) is 0 Å². The Balaban J connectivity index is 1.80. The van der Waals surface area contributed by atoms with Crippen molar-refractivity contribution in [1.29, 1.82) is 0 Å². The normalized spacial score (nSPS) is 11.8. The van der Waals surface area contributed by atoms with Crippen molar-refractivity contribution in [2.24, 2.45) is 0 Å². The highest BCUT2D eigenvalue weighted by atomic mass is 79.9. The van der Waals surface area contributed by atoms with E-state index in [0.29, 0.717) is 0 Å². The smallest absolute Gasteiger partial charge is 0.0434 e. The predicted octanol–water partition coefficient (Wildman–Crippen LogP) is 8.79. The fourth-order valence-corrected chi connectivity index (χ4v) is 5.80. The van der Waals surface area contributed by atoms with Gasteiger partial charge in [0.25, 0.3) is 0 Å². The highest BCUT2D eigenvalue weighted by Gasteiger charge is 2.14. The molecule has 0 unspecified atom stereocenters. The van der Waals surface area contributed by atoms with Crippen LogP contribution in [0.25, 0.3) is 52.8 Å². The molecule has 0 fully saturated rings. The molecule has 6 rings (SSSR count). The Bertz CT molecular complexity index is 1510. The van der Waals surface area contributed by atoms with Crippen molar-refractivity contribution in [2.45, 2.75) is 0 Å². The summed E-state index contributed by atoms with van der Waals surface area (Å²) in [6, 6.07) is 33.0. The average molecular weight is 439 g/mol. The molecule has 1 aromatic heterocycles. The maximum Gasteiger partial charge on any atom is 0.0434 e. The minimum Gasteiger partial charge on any atom is -0.134 e. The lowest BCUT2D eigenvalue weighted by molar-refractivity contribution is 1.63. The third kappa shape index (κ3) is 2.35. The lowest BCUT2D eigenvalue weighted by atomic mass is 9.95. The number of thiophene rings is 1. The molecule has 0 saturated carbocycles. The zero-order valence-electron chi connectivity index (χ0n) is 14.9. The summed E-state index contributed by atoms with van der Waals surface area (Å²) < 4.78 is 3.84. The lowest BCUT2D eigenvalue weighted by Crippen LogP contribution is -1.82. The molecule has 5 aromatic carbocycles. The SMILES string of the molecule is Brc1ccc(-c2cc3sc4c5ccccc5ccc4c3c3ccccc23)cc1. The summed E-state index contributed by atoms with van der Waals surface area (Å²) in [7, 11) is 0. The second kappa shape index (κ2) is 6.16. The Labute approximate surface area is 175 Å². The molecular weight excluding hydrogens is 424 g/mol. The van der Waals surface area contributed by atoms with E-state index in [9.17, 15) is 0 Å². The number of halogens is 1. The predicted molar refractivity (Wildman–Crippen MR) is 127 cm³/mol. The third-order valence-corrected chi connectivity index (χ3v) is 7.24. The molecule has 0 atom stereocenters. The van der Waals surface area contributed by atoms with Gasteiger partial charge in [-0.15, -0.1) is 11.3 Å². The monoisotopic (exact) mass is 438 g/mol. The third-order valence-electron chi connectivity index (χ3n) is 5.52. The van der Waals surface area contributed by atoms with Crippen LogP contribution in [0.1, 0.15) is 0 Å². The Morgan fingerprint density at radius 2 is 1.32 bits per heavy atom. The van der Waals surface area contributed by atoms with E-state index in [2.05, 4.69) is 107 Å². The van der Waals surface area contributed by atoms with Gasteiger partial charge in [0.15, 0.2) is 0 Å². The van der Waals surface area contributed by atoms with Crippen LogP contribution in [0.3, 0.4) is 0 Å². The quantitative estimate of drug-likeness (QED) is 0.240. The summed E-state index contributed by atoms with van der Waals surface area (Å²) in [6.07, 6.45) is 0. The van der Waals surface area contributed by atoms with Gasteiger partial charge in [0, 0.05) is 24.6 Å². The summed E-state index contributed by atoms with van der Waals surface area (Å²) in [5.41, 5.74) is 2.55. The van der Waals surface area contributed by atoms with Gasteiger partial charge in [0.2, 0.25) is 0 Å². The van der Waals surface area contributed by atoms with E-state index in [1.807, 2.05) is 11.3 Å². The van der Waals surface area contributed by atoms with Crippen molar-refractivity contribution in [1.82, 2.24) is 0 Å². The van der Waals surface area contributed by atoms with E-state index in [-0.39, 0.29) is 0 Å². The van der Waals surface area contributed by atoms with Gasteiger partial charge < -0.3 is 0 Å². The first-order chi connectivity index (χ1) is 13.8. The topological polar surface area (TPSA) is 0 Å². The van der Waals surface area contributed by atoms with E-state index >= 15 is 0 Å². The van der Waals surface area contributed by atoms with E-state index in [1.54, 1.807) is 0 Å². The van der Waals surface area contributed by atoms with Crippen LogP contribution in [0.5, 0.6) is 0 Å². The van der Waals surface area contributed by atoms with Gasteiger partial charge in [0.1, 0.15) is 0 Å². The van der Waals surface area contributed by atoms with Gasteiger partial charge in [-0.3, -0.25) is 0 Å². The maximum absolute atomic E-state index is 3.56. The minimum absolute atomic E-state index is 1.11. The van der Waals surface area contributed by atoms with Crippen molar-refractivity contribution < 1.29 is 0 Å². The van der Waals surface area contributed by atoms with Crippen molar-refractivity contribution in [3.05, 3.63) is 95.5 Å². The highest BCUT2D eigenvalue weighted by Crippen LogP contribution is 2.44. The minimum atomic E-state index is 1.11. The van der Waals surface area contributed by atoms with Crippen LogP contribution in [-0.4, -0.2) is 0 Å². The molecule has 132 valence electrons. The van der Waals surface area contributed by atoms with Crippen LogP contribution in [0.2, 0.25) is 0 Å². The largest absolute Gasteiger partial charge is 0.134 e. The average Bonchev–Trinajstić information content (AvgIpc) is 3.13. The van der Waals surface area contributed by atoms with Gasteiger partial charge >= 0.3 is 0 Å². The molecule has 0 aliphatic rings. The molecule has 0 N–H and O–H groups in total. The first-order valence-corrected chi connectivity index (χ1v) is 10.9. The van der Waals surface area contributed by atoms with Gasteiger partial charge in [-0.05, 0) is 50.9 Å². The molecule has 0 saturated heterocycles. The Kier molecular flexibility index (Phi) is 3.59. The van der Waals surface area contributed by atoms with Crippen LogP contribution in [0.15, 0.2) is 95.5 Å². The van der Waals surface area contributed by atoms with E-state index < -0.39 is 0 Å². The molecule has 0 nitrogen and oxygen atoms in total. The van der Waals surface area contributed by atoms with Crippen LogP contribution in [0, 0.1) is 0 Å². The zero-order valence-corrected chi connectivity index (χ0v) is 17.3. The van der Waals surface area contributed by atoms with Gasteiger partial charge in [-0.2, -0.15) is 0 Å². The molecule has 0 bridgehead atoms. The molecule has 0 spiro atoms. The summed E-state index contributed by atoms with van der Waals surface area (Å²) in [5, 5.41) is 8.03.